The zero-order chi connectivity index (χ0) is 19.5. The summed E-state index contributed by atoms with van der Waals surface area (Å²) in [5.74, 6) is 0.0352. The highest BCUT2D eigenvalue weighted by Crippen LogP contribution is 2.26. The van der Waals surface area contributed by atoms with Gasteiger partial charge < -0.3 is 9.80 Å². The van der Waals surface area contributed by atoms with E-state index in [1.54, 1.807) is 0 Å². The Hall–Kier alpha value is -2.43. The quantitative estimate of drug-likeness (QED) is 0.629. The number of para-hydroxylation sites is 1. The molecular weight excluding hydrogens is 370 g/mol. The number of aromatic nitrogens is 1. The molecule has 4 nitrogen and oxygen atoms in total. The van der Waals surface area contributed by atoms with Crippen LogP contribution in [-0.2, 0) is 0 Å². The molecule has 0 bridgehead atoms. The van der Waals surface area contributed by atoms with Gasteiger partial charge in [-0.25, -0.2) is 4.98 Å². The topological polar surface area (TPSA) is 36.4 Å². The van der Waals surface area contributed by atoms with Gasteiger partial charge in [-0.2, -0.15) is 0 Å². The molecule has 1 amide bonds. The molecule has 2 heterocycles. The van der Waals surface area contributed by atoms with Crippen molar-refractivity contribution in [3.8, 4) is 11.3 Å². The lowest BCUT2D eigenvalue weighted by atomic mass is 10.0. The van der Waals surface area contributed by atoms with Gasteiger partial charge in [0, 0.05) is 36.1 Å². The first-order chi connectivity index (χ1) is 13.6. The Morgan fingerprint density at radius 2 is 1.82 bits per heavy atom. The molecule has 0 atom stereocenters. The molecule has 1 aliphatic heterocycles. The number of halogens is 1. The van der Waals surface area contributed by atoms with Crippen LogP contribution >= 0.6 is 11.6 Å². The number of hydrogen-bond donors (Lipinski definition) is 0. The second-order valence-electron chi connectivity index (χ2n) is 7.35. The van der Waals surface area contributed by atoms with Crippen molar-refractivity contribution in [2.45, 2.75) is 12.8 Å². The third-order valence-corrected chi connectivity index (χ3v) is 5.64. The largest absolute Gasteiger partial charge is 0.340 e. The second-order valence-corrected chi connectivity index (χ2v) is 7.79. The predicted octanol–water partition coefficient (Wildman–Crippen LogP) is 4.72. The van der Waals surface area contributed by atoms with Crippen molar-refractivity contribution in [2.24, 2.45) is 0 Å². The molecule has 1 fully saturated rings. The van der Waals surface area contributed by atoms with E-state index >= 15 is 0 Å². The lowest BCUT2D eigenvalue weighted by Gasteiger charge is -2.22. The molecule has 144 valence electrons. The van der Waals surface area contributed by atoms with Crippen molar-refractivity contribution in [1.29, 1.82) is 0 Å². The SMILES string of the molecule is CN(CCN1CCCC1)C(=O)c1cc(-c2ccc(Cl)cc2)nc2ccccc12. The molecule has 1 saturated heterocycles. The van der Waals surface area contributed by atoms with E-state index in [4.69, 9.17) is 16.6 Å². The summed E-state index contributed by atoms with van der Waals surface area (Å²) in [6.45, 7) is 3.93. The summed E-state index contributed by atoms with van der Waals surface area (Å²) in [6.07, 6.45) is 2.52. The highest BCUT2D eigenvalue weighted by atomic mass is 35.5. The molecule has 1 aliphatic rings. The molecule has 1 aromatic heterocycles. The first-order valence-corrected chi connectivity index (χ1v) is 10.1. The Labute approximate surface area is 170 Å². The number of fused-ring (bicyclic) bond motifs is 1. The Balaban J connectivity index is 1.66. The van der Waals surface area contributed by atoms with Crippen LogP contribution in [0.1, 0.15) is 23.2 Å². The van der Waals surface area contributed by atoms with E-state index in [0.29, 0.717) is 10.6 Å². The van der Waals surface area contributed by atoms with Crippen LogP contribution < -0.4 is 0 Å². The fraction of sp³-hybridized carbons (Fsp3) is 0.304. The lowest BCUT2D eigenvalue weighted by Crippen LogP contribution is -2.35. The van der Waals surface area contributed by atoms with Gasteiger partial charge in [0.1, 0.15) is 0 Å². The molecule has 3 aromatic rings. The van der Waals surface area contributed by atoms with Gasteiger partial charge in [-0.3, -0.25) is 4.79 Å². The maximum Gasteiger partial charge on any atom is 0.254 e. The number of nitrogens with zero attached hydrogens (tertiary/aromatic N) is 3. The summed E-state index contributed by atoms with van der Waals surface area (Å²) in [4.78, 5) is 22.3. The van der Waals surface area contributed by atoms with Crippen LogP contribution in [0.25, 0.3) is 22.2 Å². The molecule has 5 heteroatoms. The normalized spacial score (nSPS) is 14.5. The Bertz CT molecular complexity index is 981. The van der Waals surface area contributed by atoms with Gasteiger partial charge in [0.25, 0.3) is 5.91 Å². The van der Waals surface area contributed by atoms with Crippen molar-refractivity contribution >= 4 is 28.4 Å². The summed E-state index contributed by atoms with van der Waals surface area (Å²) in [5, 5.41) is 1.57. The van der Waals surface area contributed by atoms with Gasteiger partial charge in [-0.15, -0.1) is 0 Å². The fourth-order valence-corrected chi connectivity index (χ4v) is 3.85. The van der Waals surface area contributed by atoms with Gasteiger partial charge in [-0.1, -0.05) is 41.9 Å². The number of amides is 1. The van der Waals surface area contributed by atoms with Gasteiger partial charge in [-0.05, 0) is 50.2 Å². The number of likely N-dealkylation sites (N-methyl/N-ethyl adjacent to an activating group) is 1. The van der Waals surface area contributed by atoms with E-state index in [1.165, 1.54) is 12.8 Å². The maximum atomic E-state index is 13.3. The van der Waals surface area contributed by atoms with E-state index < -0.39 is 0 Å². The zero-order valence-electron chi connectivity index (χ0n) is 16.1. The molecule has 2 aromatic carbocycles. The smallest absolute Gasteiger partial charge is 0.254 e. The van der Waals surface area contributed by atoms with Crippen LogP contribution in [0, 0.1) is 0 Å². The standard InChI is InChI=1S/C23H24ClN3O/c1-26(14-15-27-12-4-5-13-27)23(28)20-16-22(17-8-10-18(24)11-9-17)25-21-7-3-2-6-19(20)21/h2-3,6-11,16H,4-5,12-15H2,1H3. The van der Waals surface area contributed by atoms with Gasteiger partial charge >= 0.3 is 0 Å². The van der Waals surface area contributed by atoms with Crippen molar-refractivity contribution in [1.82, 2.24) is 14.8 Å². The number of carbonyl (C=O) groups excluding carboxylic acids is 1. The first-order valence-electron chi connectivity index (χ1n) is 9.75. The third kappa shape index (κ3) is 4.03. The van der Waals surface area contributed by atoms with Gasteiger partial charge in [0.05, 0.1) is 16.8 Å². The van der Waals surface area contributed by atoms with E-state index in [1.807, 2.05) is 66.5 Å². The molecule has 0 N–H and O–H groups in total. The predicted molar refractivity (Wildman–Crippen MR) is 115 cm³/mol. The Kier molecular flexibility index (Phi) is 5.60. The van der Waals surface area contributed by atoms with Crippen molar-refractivity contribution in [3.05, 3.63) is 65.2 Å². The molecular formula is C23H24ClN3O. The summed E-state index contributed by atoms with van der Waals surface area (Å²) in [6, 6.07) is 17.3. The number of likely N-dealkylation sites (tertiary alicyclic amines) is 1. The molecule has 0 saturated carbocycles. The second kappa shape index (κ2) is 8.29. The molecule has 28 heavy (non-hydrogen) atoms. The number of pyridine rings is 1. The summed E-state index contributed by atoms with van der Waals surface area (Å²) in [5.41, 5.74) is 3.25. The monoisotopic (exact) mass is 393 g/mol. The first kappa shape index (κ1) is 18.9. The molecule has 0 radical (unpaired) electrons. The lowest BCUT2D eigenvalue weighted by molar-refractivity contribution is 0.0784. The summed E-state index contributed by atoms with van der Waals surface area (Å²) >= 11 is 6.02. The van der Waals surface area contributed by atoms with Gasteiger partial charge in [0.15, 0.2) is 0 Å². The van der Waals surface area contributed by atoms with E-state index in [0.717, 1.165) is 48.3 Å². The molecule has 0 aliphatic carbocycles. The van der Waals surface area contributed by atoms with Crippen molar-refractivity contribution in [2.75, 3.05) is 33.2 Å². The average Bonchev–Trinajstić information content (AvgIpc) is 3.25. The number of benzene rings is 2. The number of rotatable bonds is 5. The minimum absolute atomic E-state index is 0.0352. The third-order valence-electron chi connectivity index (χ3n) is 5.38. The average molecular weight is 394 g/mol. The maximum absolute atomic E-state index is 13.3. The summed E-state index contributed by atoms with van der Waals surface area (Å²) < 4.78 is 0. The Morgan fingerprint density at radius 1 is 1.11 bits per heavy atom. The molecule has 0 unspecified atom stereocenters. The van der Waals surface area contributed by atoms with Gasteiger partial charge in [0.2, 0.25) is 0 Å². The number of carbonyl (C=O) groups is 1. The Morgan fingerprint density at radius 3 is 2.57 bits per heavy atom. The van der Waals surface area contributed by atoms with E-state index in [2.05, 4.69) is 4.90 Å². The number of hydrogen-bond acceptors (Lipinski definition) is 3. The van der Waals surface area contributed by atoms with Crippen LogP contribution in [-0.4, -0.2) is 53.9 Å². The van der Waals surface area contributed by atoms with Crippen molar-refractivity contribution in [3.63, 3.8) is 0 Å². The summed E-state index contributed by atoms with van der Waals surface area (Å²) in [7, 11) is 1.88. The van der Waals surface area contributed by atoms with E-state index in [9.17, 15) is 4.79 Å². The van der Waals surface area contributed by atoms with Crippen LogP contribution in [0.5, 0.6) is 0 Å². The minimum atomic E-state index is 0.0352. The minimum Gasteiger partial charge on any atom is -0.340 e. The molecule has 0 spiro atoms. The highest BCUT2D eigenvalue weighted by molar-refractivity contribution is 6.30. The van der Waals surface area contributed by atoms with Crippen LogP contribution in [0.15, 0.2) is 54.6 Å². The highest BCUT2D eigenvalue weighted by Gasteiger charge is 2.19. The van der Waals surface area contributed by atoms with Crippen molar-refractivity contribution < 1.29 is 4.79 Å². The van der Waals surface area contributed by atoms with E-state index in [-0.39, 0.29) is 5.91 Å². The van der Waals surface area contributed by atoms with Crippen LogP contribution in [0.2, 0.25) is 5.02 Å². The molecule has 4 rings (SSSR count). The van der Waals surface area contributed by atoms with Crippen LogP contribution in [0.3, 0.4) is 0 Å². The fourth-order valence-electron chi connectivity index (χ4n) is 3.73. The zero-order valence-corrected chi connectivity index (χ0v) is 16.8. The van der Waals surface area contributed by atoms with Crippen LogP contribution in [0.4, 0.5) is 0 Å².